The molecule has 0 saturated carbocycles. The minimum Gasteiger partial charge on any atom is -0.0797 e. The lowest BCUT2D eigenvalue weighted by molar-refractivity contribution is 0.570. The normalized spacial score (nSPS) is 24.6. The van der Waals surface area contributed by atoms with E-state index in [2.05, 4.69) is 69.1 Å². The lowest BCUT2D eigenvalue weighted by Gasteiger charge is -2.32. The molecule has 0 saturated heterocycles. The van der Waals surface area contributed by atoms with Crippen LogP contribution in [0.15, 0.2) is 28.7 Å². The highest BCUT2D eigenvalue weighted by Crippen LogP contribution is 2.48. The van der Waals surface area contributed by atoms with Gasteiger partial charge in [0.2, 0.25) is 0 Å². The summed E-state index contributed by atoms with van der Waals surface area (Å²) in [6.45, 7) is 2.23. The van der Waals surface area contributed by atoms with Crippen molar-refractivity contribution in [1.29, 1.82) is 0 Å². The zero-order chi connectivity index (χ0) is 10.9. The topological polar surface area (TPSA) is 0 Å². The minimum absolute atomic E-state index is 0.131. The molecular weight excluding hydrogens is 316 g/mol. The van der Waals surface area contributed by atoms with Crippen molar-refractivity contribution in [2.45, 2.75) is 30.5 Å². The molecule has 0 bridgehead atoms. The number of alkyl halides is 1. The fraction of sp³-hybridized carbons (Fsp3) is 0.385. The molecular formula is C13H14Br2. The van der Waals surface area contributed by atoms with Crippen molar-refractivity contribution in [3.63, 3.8) is 0 Å². The molecule has 1 aromatic carbocycles. The van der Waals surface area contributed by atoms with Crippen molar-refractivity contribution >= 4 is 37.9 Å². The van der Waals surface area contributed by atoms with E-state index in [0.29, 0.717) is 0 Å². The first-order valence-electron chi connectivity index (χ1n) is 5.30. The van der Waals surface area contributed by atoms with Gasteiger partial charge in [-0.1, -0.05) is 69.5 Å². The van der Waals surface area contributed by atoms with Crippen LogP contribution in [0.5, 0.6) is 0 Å². The van der Waals surface area contributed by atoms with Gasteiger partial charge in [-0.2, -0.15) is 0 Å². The highest BCUT2D eigenvalue weighted by Gasteiger charge is 2.33. The van der Waals surface area contributed by atoms with Crippen molar-refractivity contribution in [1.82, 2.24) is 0 Å². The summed E-state index contributed by atoms with van der Waals surface area (Å²) in [6.07, 6.45) is 5.65. The summed E-state index contributed by atoms with van der Waals surface area (Å²) in [5, 5.41) is 0. The molecule has 1 atom stereocenters. The number of fused-ring (bicyclic) bond motifs is 1. The molecule has 80 valence electrons. The summed E-state index contributed by atoms with van der Waals surface area (Å²) in [5.74, 6) is 0. The molecule has 2 heteroatoms. The Labute approximate surface area is 108 Å². The third kappa shape index (κ3) is 2.21. The van der Waals surface area contributed by atoms with E-state index in [4.69, 9.17) is 0 Å². The number of rotatable bonds is 2. The van der Waals surface area contributed by atoms with Crippen molar-refractivity contribution in [2.75, 3.05) is 0 Å². The van der Waals surface area contributed by atoms with Crippen LogP contribution in [0.2, 0.25) is 0 Å². The van der Waals surface area contributed by atoms with E-state index in [1.807, 2.05) is 0 Å². The van der Waals surface area contributed by atoms with E-state index in [0.717, 1.165) is 6.42 Å². The predicted octanol–water partition coefficient (Wildman–Crippen LogP) is 5.22. The second-order valence-corrected chi connectivity index (χ2v) is 6.61. The molecule has 0 heterocycles. The lowest BCUT2D eigenvalue weighted by Crippen LogP contribution is -2.21. The van der Waals surface area contributed by atoms with Gasteiger partial charge in [0.05, 0.1) is 4.32 Å². The summed E-state index contributed by atoms with van der Waals surface area (Å²) >= 11 is 7.56. The number of hydrogen-bond acceptors (Lipinski definition) is 0. The van der Waals surface area contributed by atoms with Crippen LogP contribution in [-0.2, 0) is 4.32 Å². The van der Waals surface area contributed by atoms with Crippen LogP contribution in [0.3, 0.4) is 0 Å². The molecule has 0 amide bonds. The van der Waals surface area contributed by atoms with E-state index in [-0.39, 0.29) is 4.32 Å². The second-order valence-electron chi connectivity index (χ2n) is 4.07. The third-order valence-electron chi connectivity index (χ3n) is 2.85. The summed E-state index contributed by atoms with van der Waals surface area (Å²) < 4.78 is 1.41. The van der Waals surface area contributed by atoms with Gasteiger partial charge in [0.25, 0.3) is 0 Å². The van der Waals surface area contributed by atoms with Crippen LogP contribution in [-0.4, -0.2) is 0 Å². The molecule has 0 nitrogen and oxygen atoms in total. The van der Waals surface area contributed by atoms with Crippen molar-refractivity contribution < 1.29 is 0 Å². The van der Waals surface area contributed by atoms with Gasteiger partial charge in [0, 0.05) is 0 Å². The largest absolute Gasteiger partial charge is 0.0797 e. The Kier molecular flexibility index (Phi) is 3.36. The number of halogens is 2. The van der Waals surface area contributed by atoms with Gasteiger partial charge < -0.3 is 0 Å². The molecule has 1 aliphatic rings. The van der Waals surface area contributed by atoms with Gasteiger partial charge in [-0.3, -0.25) is 0 Å². The molecule has 1 aromatic rings. The quantitative estimate of drug-likeness (QED) is 0.653. The second kappa shape index (κ2) is 4.42. The minimum atomic E-state index is 0.131. The SMILES string of the molecule is CCCC1(Br)CC(Br)=Cc2ccccc21. The first-order valence-corrected chi connectivity index (χ1v) is 6.89. The maximum Gasteiger partial charge on any atom is 0.0557 e. The van der Waals surface area contributed by atoms with Crippen molar-refractivity contribution in [3.05, 3.63) is 39.9 Å². The van der Waals surface area contributed by atoms with Crippen LogP contribution in [0.25, 0.3) is 6.08 Å². The average Bonchev–Trinajstić information content (AvgIpc) is 2.17. The Morgan fingerprint density at radius 1 is 1.33 bits per heavy atom. The Balaban J connectivity index is 2.50. The first-order chi connectivity index (χ1) is 7.15. The fourth-order valence-corrected chi connectivity index (χ4v) is 4.39. The van der Waals surface area contributed by atoms with Crippen LogP contribution in [0, 0.1) is 0 Å². The van der Waals surface area contributed by atoms with Gasteiger partial charge in [-0.15, -0.1) is 0 Å². The van der Waals surface area contributed by atoms with Gasteiger partial charge in [0.15, 0.2) is 0 Å². The molecule has 0 spiro atoms. The smallest absolute Gasteiger partial charge is 0.0557 e. The Morgan fingerprint density at radius 3 is 2.80 bits per heavy atom. The maximum atomic E-state index is 3.92. The Hall–Kier alpha value is -0.0800. The highest BCUT2D eigenvalue weighted by molar-refractivity contribution is 9.12. The van der Waals surface area contributed by atoms with Crippen LogP contribution in [0.4, 0.5) is 0 Å². The summed E-state index contributed by atoms with van der Waals surface area (Å²) in [6, 6.07) is 8.63. The van der Waals surface area contributed by atoms with E-state index < -0.39 is 0 Å². The third-order valence-corrected chi connectivity index (χ3v) is 4.46. The first kappa shape index (κ1) is 11.4. The monoisotopic (exact) mass is 328 g/mol. The van der Waals surface area contributed by atoms with Crippen molar-refractivity contribution in [2.24, 2.45) is 0 Å². The fourth-order valence-electron chi connectivity index (χ4n) is 2.23. The molecule has 0 aliphatic heterocycles. The summed E-state index contributed by atoms with van der Waals surface area (Å²) in [5.41, 5.74) is 2.76. The zero-order valence-electron chi connectivity index (χ0n) is 8.76. The molecule has 0 N–H and O–H groups in total. The van der Waals surface area contributed by atoms with Crippen LogP contribution in [0.1, 0.15) is 37.3 Å². The molecule has 0 aromatic heterocycles. The van der Waals surface area contributed by atoms with Crippen LogP contribution < -0.4 is 0 Å². The highest BCUT2D eigenvalue weighted by atomic mass is 79.9. The lowest BCUT2D eigenvalue weighted by atomic mass is 9.84. The van der Waals surface area contributed by atoms with E-state index >= 15 is 0 Å². The number of allylic oxidation sites excluding steroid dienone is 1. The van der Waals surface area contributed by atoms with Gasteiger partial charge in [-0.05, 0) is 34.5 Å². The zero-order valence-corrected chi connectivity index (χ0v) is 11.9. The Morgan fingerprint density at radius 2 is 2.07 bits per heavy atom. The van der Waals surface area contributed by atoms with Gasteiger partial charge >= 0.3 is 0 Å². The summed E-state index contributed by atoms with van der Waals surface area (Å²) in [7, 11) is 0. The molecule has 1 unspecified atom stereocenters. The standard InChI is InChI=1S/C13H14Br2/c1-2-7-13(15)9-11(14)8-10-5-3-4-6-12(10)13/h3-6,8H,2,7,9H2,1H3. The van der Waals surface area contributed by atoms with Crippen molar-refractivity contribution in [3.8, 4) is 0 Å². The van der Waals surface area contributed by atoms with Gasteiger partial charge in [0.1, 0.15) is 0 Å². The van der Waals surface area contributed by atoms with Gasteiger partial charge in [-0.25, -0.2) is 0 Å². The number of benzene rings is 1. The molecule has 2 rings (SSSR count). The van der Waals surface area contributed by atoms with Crippen LogP contribution >= 0.6 is 31.9 Å². The Bertz CT molecular complexity index is 395. The average molecular weight is 330 g/mol. The molecule has 1 aliphatic carbocycles. The molecule has 15 heavy (non-hydrogen) atoms. The summed E-state index contributed by atoms with van der Waals surface area (Å²) in [4.78, 5) is 0. The molecule has 0 fully saturated rings. The maximum absolute atomic E-state index is 3.92. The predicted molar refractivity (Wildman–Crippen MR) is 73.5 cm³/mol. The molecule has 0 radical (unpaired) electrons. The van der Waals surface area contributed by atoms with E-state index in [1.165, 1.54) is 28.5 Å². The van der Waals surface area contributed by atoms with E-state index in [1.54, 1.807) is 0 Å². The van der Waals surface area contributed by atoms with E-state index in [9.17, 15) is 0 Å². The number of hydrogen-bond donors (Lipinski definition) is 0.